The minimum Gasteiger partial charge on any atom is -0.458 e. The second-order valence-corrected chi connectivity index (χ2v) is 12.6. The Labute approximate surface area is 203 Å². The number of aliphatic imine (C=N–C) groups is 1. The Morgan fingerprint density at radius 2 is 2.03 bits per heavy atom. The van der Waals surface area contributed by atoms with E-state index in [1.807, 2.05) is 0 Å². The summed E-state index contributed by atoms with van der Waals surface area (Å²) in [6.45, 7) is 7.91. The average molecular weight is 471 g/mol. The maximum absolute atomic E-state index is 12.3. The van der Waals surface area contributed by atoms with Crippen LogP contribution in [-0.2, 0) is 14.3 Å². The van der Waals surface area contributed by atoms with E-state index in [0.29, 0.717) is 35.9 Å². The van der Waals surface area contributed by atoms with Crippen molar-refractivity contribution in [1.82, 2.24) is 5.32 Å². The van der Waals surface area contributed by atoms with Crippen LogP contribution in [0, 0.1) is 34.5 Å². The van der Waals surface area contributed by atoms with Crippen LogP contribution in [0.5, 0.6) is 0 Å². The summed E-state index contributed by atoms with van der Waals surface area (Å²) in [6, 6.07) is 0. The number of aliphatic hydroxyl groups is 1. The number of esters is 1. The van der Waals surface area contributed by atoms with E-state index in [-0.39, 0.29) is 17.3 Å². The van der Waals surface area contributed by atoms with Gasteiger partial charge in [0.05, 0.1) is 30.7 Å². The highest BCUT2D eigenvalue weighted by molar-refractivity contribution is 5.85. The van der Waals surface area contributed by atoms with Gasteiger partial charge in [-0.1, -0.05) is 13.8 Å². The molecule has 0 aromatic carbocycles. The molecule has 4 aliphatic carbocycles. The fourth-order valence-electron chi connectivity index (χ4n) is 9.46. The molecular formula is C28H42N2O4. The number of carbonyl (C=O) groups is 1. The Hall–Kier alpha value is -1.40. The predicted molar refractivity (Wildman–Crippen MR) is 130 cm³/mol. The summed E-state index contributed by atoms with van der Waals surface area (Å²) in [7, 11) is 0. The van der Waals surface area contributed by atoms with Crippen molar-refractivity contribution in [3.63, 3.8) is 0 Å². The van der Waals surface area contributed by atoms with Crippen molar-refractivity contribution < 1.29 is 19.4 Å². The van der Waals surface area contributed by atoms with Crippen molar-refractivity contribution in [2.75, 3.05) is 26.3 Å². The first-order chi connectivity index (χ1) is 16.3. The number of ether oxygens (including phenoxy) is 2. The third-order valence-electron chi connectivity index (χ3n) is 11.4. The van der Waals surface area contributed by atoms with Crippen LogP contribution in [0.1, 0.15) is 78.1 Å². The molecule has 188 valence electrons. The summed E-state index contributed by atoms with van der Waals surface area (Å²) in [5.41, 5.74) is 0.664. The largest absolute Gasteiger partial charge is 0.458 e. The molecule has 8 atom stereocenters. The number of hydrogen-bond acceptors (Lipinski definition) is 6. The lowest BCUT2D eigenvalue weighted by Crippen LogP contribution is -2.62. The lowest BCUT2D eigenvalue weighted by Gasteiger charge is -2.63. The third kappa shape index (κ3) is 3.42. The SMILES string of the molecule is C[C@]12CC[C@H](OCCC3=NCCN3)C[C@H]1CC[C@@H]1[C@@H]2CC[C@]2(C)[C@@H](C3=CC(=O)OC3)CC[C@]12O. The summed E-state index contributed by atoms with van der Waals surface area (Å²) in [5, 5.41) is 15.7. The molecule has 0 aromatic heterocycles. The molecule has 6 heteroatoms. The number of cyclic esters (lactones) is 1. The zero-order chi connectivity index (χ0) is 23.6. The van der Waals surface area contributed by atoms with Crippen LogP contribution in [0.2, 0.25) is 0 Å². The maximum Gasteiger partial charge on any atom is 0.331 e. The summed E-state index contributed by atoms with van der Waals surface area (Å²) >= 11 is 0. The quantitative estimate of drug-likeness (QED) is 0.593. The Morgan fingerprint density at radius 1 is 1.15 bits per heavy atom. The summed E-state index contributed by atoms with van der Waals surface area (Å²) in [4.78, 5) is 16.2. The first-order valence-electron chi connectivity index (χ1n) is 13.8. The average Bonchev–Trinajstić information content (AvgIpc) is 3.54. The number of hydrogen-bond donors (Lipinski definition) is 2. The van der Waals surface area contributed by atoms with Crippen LogP contribution in [-0.4, -0.2) is 54.9 Å². The molecule has 4 saturated carbocycles. The first-order valence-corrected chi connectivity index (χ1v) is 13.8. The van der Waals surface area contributed by atoms with Crippen LogP contribution in [0.3, 0.4) is 0 Å². The molecule has 0 aromatic rings. The van der Waals surface area contributed by atoms with Crippen molar-refractivity contribution in [3.8, 4) is 0 Å². The Kier molecular flexibility index (Phi) is 5.64. The molecule has 2 heterocycles. The van der Waals surface area contributed by atoms with E-state index in [1.165, 1.54) is 25.7 Å². The van der Waals surface area contributed by atoms with Gasteiger partial charge in [0, 0.05) is 24.5 Å². The summed E-state index contributed by atoms with van der Waals surface area (Å²) in [5.74, 6) is 2.85. The standard InChI is InChI=1S/C28H42N2O4/c1-26-9-5-20(33-14-8-24-29-12-13-30-24)16-19(26)3-4-23-22(26)6-10-27(2)21(7-11-28(23,27)32)18-15-25(31)34-17-18/h15,19-23,32H,3-14,16-17H2,1-2H3,(H,29,30)/t19-,20+,21-,22+,23-,26+,27-,28+/m1/s1. The third-order valence-corrected chi connectivity index (χ3v) is 11.4. The molecule has 6 rings (SSSR count). The lowest BCUT2D eigenvalue weighted by molar-refractivity contribution is -0.209. The van der Waals surface area contributed by atoms with Crippen LogP contribution in [0.4, 0.5) is 0 Å². The van der Waals surface area contributed by atoms with Crippen LogP contribution < -0.4 is 5.32 Å². The normalized spacial score (nSPS) is 47.7. The van der Waals surface area contributed by atoms with E-state index in [9.17, 15) is 9.90 Å². The van der Waals surface area contributed by atoms with Gasteiger partial charge in [-0.15, -0.1) is 0 Å². The van der Waals surface area contributed by atoms with Crippen LogP contribution in [0.15, 0.2) is 16.6 Å². The molecule has 0 unspecified atom stereocenters. The molecular weight excluding hydrogens is 428 g/mol. The molecule has 34 heavy (non-hydrogen) atoms. The number of carbonyl (C=O) groups excluding carboxylic acids is 1. The number of fused-ring (bicyclic) bond motifs is 5. The fourth-order valence-corrected chi connectivity index (χ4v) is 9.46. The lowest BCUT2D eigenvalue weighted by atomic mass is 9.43. The predicted octanol–water partition coefficient (Wildman–Crippen LogP) is 4.02. The van der Waals surface area contributed by atoms with Crippen molar-refractivity contribution in [2.45, 2.75) is 89.8 Å². The topological polar surface area (TPSA) is 80.2 Å². The number of nitrogens with one attached hydrogen (secondary N) is 1. The first kappa shape index (κ1) is 23.0. The summed E-state index contributed by atoms with van der Waals surface area (Å²) in [6.07, 6.45) is 13.0. The molecule has 0 amide bonds. The molecule has 6 aliphatic rings. The minimum atomic E-state index is -0.622. The van der Waals surface area contributed by atoms with Gasteiger partial charge in [-0.2, -0.15) is 0 Å². The van der Waals surface area contributed by atoms with Crippen LogP contribution >= 0.6 is 0 Å². The van der Waals surface area contributed by atoms with Crippen molar-refractivity contribution in [2.24, 2.45) is 39.5 Å². The van der Waals surface area contributed by atoms with Gasteiger partial charge < -0.3 is 19.9 Å². The van der Waals surface area contributed by atoms with E-state index in [0.717, 1.165) is 69.6 Å². The van der Waals surface area contributed by atoms with E-state index < -0.39 is 5.60 Å². The van der Waals surface area contributed by atoms with Gasteiger partial charge in [-0.05, 0) is 92.4 Å². The van der Waals surface area contributed by atoms with Gasteiger partial charge in [-0.25, -0.2) is 4.79 Å². The highest BCUT2D eigenvalue weighted by Crippen LogP contribution is 2.70. The highest BCUT2D eigenvalue weighted by Gasteiger charge is 2.67. The second-order valence-electron chi connectivity index (χ2n) is 12.6. The molecule has 4 fully saturated rings. The molecule has 0 bridgehead atoms. The van der Waals surface area contributed by atoms with Gasteiger partial charge in [0.2, 0.25) is 0 Å². The number of amidine groups is 1. The number of rotatable bonds is 5. The van der Waals surface area contributed by atoms with Gasteiger partial charge in [0.15, 0.2) is 0 Å². The minimum absolute atomic E-state index is 0.144. The molecule has 2 aliphatic heterocycles. The zero-order valence-electron chi connectivity index (χ0n) is 21.0. The number of nitrogens with zero attached hydrogens (tertiary/aromatic N) is 1. The molecule has 0 radical (unpaired) electrons. The van der Waals surface area contributed by atoms with Crippen LogP contribution in [0.25, 0.3) is 0 Å². The smallest absolute Gasteiger partial charge is 0.331 e. The molecule has 0 saturated heterocycles. The fraction of sp³-hybridized carbons (Fsp3) is 0.857. The van der Waals surface area contributed by atoms with Gasteiger partial charge in [0.1, 0.15) is 6.61 Å². The zero-order valence-corrected chi connectivity index (χ0v) is 21.0. The Morgan fingerprint density at radius 3 is 2.79 bits per heavy atom. The molecule has 0 spiro atoms. The molecule has 2 N–H and O–H groups in total. The molecule has 6 nitrogen and oxygen atoms in total. The maximum atomic E-state index is 12.3. The van der Waals surface area contributed by atoms with Crippen molar-refractivity contribution in [1.29, 1.82) is 0 Å². The summed E-state index contributed by atoms with van der Waals surface area (Å²) < 4.78 is 11.6. The van der Waals surface area contributed by atoms with Gasteiger partial charge >= 0.3 is 5.97 Å². The van der Waals surface area contributed by atoms with E-state index in [4.69, 9.17) is 9.47 Å². The van der Waals surface area contributed by atoms with Crippen molar-refractivity contribution in [3.05, 3.63) is 11.6 Å². The van der Waals surface area contributed by atoms with Gasteiger partial charge in [0.25, 0.3) is 0 Å². The highest BCUT2D eigenvalue weighted by atomic mass is 16.5. The van der Waals surface area contributed by atoms with E-state index >= 15 is 0 Å². The van der Waals surface area contributed by atoms with E-state index in [1.54, 1.807) is 6.08 Å². The second kappa shape index (κ2) is 8.33. The van der Waals surface area contributed by atoms with Crippen molar-refractivity contribution >= 4 is 11.8 Å². The monoisotopic (exact) mass is 470 g/mol. The Bertz CT molecular complexity index is 901. The van der Waals surface area contributed by atoms with E-state index in [2.05, 4.69) is 24.2 Å². The van der Waals surface area contributed by atoms with Gasteiger partial charge in [-0.3, -0.25) is 4.99 Å². The Balaban J connectivity index is 1.14.